The van der Waals surface area contributed by atoms with Gasteiger partial charge in [0.05, 0.1) is 30.9 Å². The van der Waals surface area contributed by atoms with Crippen LogP contribution in [-0.2, 0) is 12.8 Å². The van der Waals surface area contributed by atoms with Gasteiger partial charge < -0.3 is 9.84 Å². The van der Waals surface area contributed by atoms with Gasteiger partial charge in [-0.3, -0.25) is 0 Å². The van der Waals surface area contributed by atoms with E-state index in [2.05, 4.69) is 4.74 Å². The van der Waals surface area contributed by atoms with Crippen LogP contribution in [0.4, 0.5) is 13.2 Å². The Kier molecular flexibility index (Phi) is 3.40. The Morgan fingerprint density at radius 1 is 1.44 bits per heavy atom. The standard InChI is InChI=1S/C10H8F3NO2/c1-16-9-7(5-15)6(4-14)2-3-8(9)10(11,12)13/h2-3,15H,5H2,1H3. The molecule has 0 fully saturated rings. The van der Waals surface area contributed by atoms with Crippen molar-refractivity contribution in [3.63, 3.8) is 0 Å². The molecule has 0 aliphatic heterocycles. The van der Waals surface area contributed by atoms with Gasteiger partial charge in [0, 0.05) is 5.56 Å². The normalized spacial score (nSPS) is 11.0. The Balaban J connectivity index is 3.51. The highest BCUT2D eigenvalue weighted by atomic mass is 19.4. The summed E-state index contributed by atoms with van der Waals surface area (Å²) in [5.74, 6) is -0.506. The number of alkyl halides is 3. The summed E-state index contributed by atoms with van der Waals surface area (Å²) in [6.45, 7) is -0.685. The Bertz CT molecular complexity index is 435. The fraction of sp³-hybridized carbons (Fsp3) is 0.300. The second kappa shape index (κ2) is 4.41. The summed E-state index contributed by atoms with van der Waals surface area (Å²) in [4.78, 5) is 0. The van der Waals surface area contributed by atoms with Gasteiger partial charge in [0.15, 0.2) is 0 Å². The fourth-order valence-electron chi connectivity index (χ4n) is 1.35. The lowest BCUT2D eigenvalue weighted by atomic mass is 10.0. The monoisotopic (exact) mass is 231 g/mol. The van der Waals surface area contributed by atoms with Gasteiger partial charge in [-0.15, -0.1) is 0 Å². The van der Waals surface area contributed by atoms with Crippen molar-refractivity contribution in [2.75, 3.05) is 7.11 Å². The van der Waals surface area contributed by atoms with Crippen LogP contribution in [0.5, 0.6) is 5.75 Å². The van der Waals surface area contributed by atoms with Crippen molar-refractivity contribution in [2.45, 2.75) is 12.8 Å². The zero-order valence-electron chi connectivity index (χ0n) is 8.30. The molecule has 0 spiro atoms. The molecule has 0 amide bonds. The molecule has 0 saturated carbocycles. The van der Waals surface area contributed by atoms with Crippen molar-refractivity contribution >= 4 is 0 Å². The molecule has 0 radical (unpaired) electrons. The highest BCUT2D eigenvalue weighted by Crippen LogP contribution is 2.39. The number of halogens is 3. The van der Waals surface area contributed by atoms with Crippen LogP contribution >= 0.6 is 0 Å². The molecule has 0 atom stereocenters. The van der Waals surface area contributed by atoms with Crippen LogP contribution < -0.4 is 4.74 Å². The molecule has 6 heteroatoms. The lowest BCUT2D eigenvalue weighted by molar-refractivity contribution is -0.138. The summed E-state index contributed by atoms with van der Waals surface area (Å²) < 4.78 is 42.2. The molecular formula is C10H8F3NO2. The average molecular weight is 231 g/mol. The minimum Gasteiger partial charge on any atom is -0.496 e. The van der Waals surface area contributed by atoms with Gasteiger partial charge in [0.2, 0.25) is 0 Å². The quantitative estimate of drug-likeness (QED) is 0.847. The zero-order chi connectivity index (χ0) is 12.3. The smallest absolute Gasteiger partial charge is 0.419 e. The van der Waals surface area contributed by atoms with Crippen molar-refractivity contribution < 1.29 is 23.0 Å². The van der Waals surface area contributed by atoms with Crippen molar-refractivity contribution in [1.82, 2.24) is 0 Å². The molecule has 1 rings (SSSR count). The number of rotatable bonds is 2. The minimum absolute atomic E-state index is 0.0349. The van der Waals surface area contributed by atoms with Gasteiger partial charge in [0.25, 0.3) is 0 Å². The number of ether oxygens (including phenoxy) is 1. The van der Waals surface area contributed by atoms with E-state index >= 15 is 0 Å². The molecule has 0 heterocycles. The Morgan fingerprint density at radius 2 is 2.06 bits per heavy atom. The predicted molar refractivity (Wildman–Crippen MR) is 48.6 cm³/mol. The van der Waals surface area contributed by atoms with Crippen LogP contribution in [0.3, 0.4) is 0 Å². The van der Waals surface area contributed by atoms with E-state index in [0.717, 1.165) is 19.2 Å². The van der Waals surface area contributed by atoms with E-state index in [4.69, 9.17) is 10.4 Å². The van der Waals surface area contributed by atoms with Gasteiger partial charge >= 0.3 is 6.18 Å². The van der Waals surface area contributed by atoms with Crippen molar-refractivity contribution in [3.8, 4) is 11.8 Å². The molecule has 0 aliphatic rings. The lowest BCUT2D eigenvalue weighted by Crippen LogP contribution is -2.10. The molecule has 0 aromatic heterocycles. The van der Waals surface area contributed by atoms with E-state index in [1.165, 1.54) is 0 Å². The minimum atomic E-state index is -4.58. The van der Waals surface area contributed by atoms with E-state index in [1.807, 2.05) is 0 Å². The third kappa shape index (κ3) is 2.09. The summed E-state index contributed by atoms with van der Waals surface area (Å²) in [6, 6.07) is 3.46. The van der Waals surface area contributed by atoms with Crippen LogP contribution in [0.2, 0.25) is 0 Å². The van der Waals surface area contributed by atoms with Gasteiger partial charge in [-0.25, -0.2) is 0 Å². The third-order valence-electron chi connectivity index (χ3n) is 2.05. The molecule has 1 aromatic rings. The summed E-state index contributed by atoms with van der Waals surface area (Å²) in [7, 11) is 1.06. The molecule has 16 heavy (non-hydrogen) atoms. The van der Waals surface area contributed by atoms with E-state index in [1.54, 1.807) is 6.07 Å². The van der Waals surface area contributed by atoms with Crippen LogP contribution in [-0.4, -0.2) is 12.2 Å². The molecular weight excluding hydrogens is 223 g/mol. The number of nitrogens with zero attached hydrogens (tertiary/aromatic N) is 1. The maximum absolute atomic E-state index is 12.5. The fourth-order valence-corrected chi connectivity index (χ4v) is 1.35. The largest absolute Gasteiger partial charge is 0.496 e. The van der Waals surface area contributed by atoms with Crippen LogP contribution in [0.15, 0.2) is 12.1 Å². The highest BCUT2D eigenvalue weighted by molar-refractivity contribution is 5.52. The number of benzene rings is 1. The van der Waals surface area contributed by atoms with Crippen LogP contribution in [0, 0.1) is 11.3 Å². The number of aliphatic hydroxyl groups excluding tert-OH is 1. The topological polar surface area (TPSA) is 53.2 Å². The highest BCUT2D eigenvalue weighted by Gasteiger charge is 2.35. The second-order valence-corrected chi connectivity index (χ2v) is 2.94. The average Bonchev–Trinajstić information content (AvgIpc) is 2.25. The molecule has 3 nitrogen and oxygen atoms in total. The molecule has 1 N–H and O–H groups in total. The first-order chi connectivity index (χ1) is 7.45. The SMILES string of the molecule is COc1c(C(F)(F)F)ccc(C#N)c1CO. The van der Waals surface area contributed by atoms with Crippen molar-refractivity contribution in [3.05, 3.63) is 28.8 Å². The lowest BCUT2D eigenvalue weighted by Gasteiger charge is -2.15. The van der Waals surface area contributed by atoms with Crippen LogP contribution in [0.25, 0.3) is 0 Å². The van der Waals surface area contributed by atoms with Crippen molar-refractivity contribution in [1.29, 1.82) is 5.26 Å². The summed E-state index contributed by atoms with van der Waals surface area (Å²) in [5, 5.41) is 17.6. The maximum Gasteiger partial charge on any atom is 0.419 e. The second-order valence-electron chi connectivity index (χ2n) is 2.94. The van der Waals surface area contributed by atoms with Crippen LogP contribution in [0.1, 0.15) is 16.7 Å². The maximum atomic E-state index is 12.5. The molecule has 0 bridgehead atoms. The summed E-state index contributed by atoms with van der Waals surface area (Å²) in [6.07, 6.45) is -4.58. The van der Waals surface area contributed by atoms with E-state index < -0.39 is 24.1 Å². The van der Waals surface area contributed by atoms with Gasteiger partial charge in [-0.05, 0) is 12.1 Å². The molecule has 1 aromatic carbocycles. The first-order valence-corrected chi connectivity index (χ1v) is 4.23. The first-order valence-electron chi connectivity index (χ1n) is 4.23. The Labute approximate surface area is 89.7 Å². The first kappa shape index (κ1) is 12.3. The molecule has 0 aliphatic carbocycles. The molecule has 86 valence electrons. The summed E-state index contributed by atoms with van der Waals surface area (Å²) >= 11 is 0. The number of aliphatic hydroxyl groups is 1. The van der Waals surface area contributed by atoms with Gasteiger partial charge in [0.1, 0.15) is 5.75 Å². The van der Waals surface area contributed by atoms with Gasteiger partial charge in [-0.1, -0.05) is 0 Å². The van der Waals surface area contributed by atoms with E-state index in [-0.39, 0.29) is 11.1 Å². The zero-order valence-corrected chi connectivity index (χ0v) is 8.30. The number of hydrogen-bond acceptors (Lipinski definition) is 3. The molecule has 0 unspecified atom stereocenters. The van der Waals surface area contributed by atoms with Gasteiger partial charge in [-0.2, -0.15) is 18.4 Å². The Hall–Kier alpha value is -1.74. The van der Waals surface area contributed by atoms with E-state index in [0.29, 0.717) is 0 Å². The van der Waals surface area contributed by atoms with E-state index in [9.17, 15) is 13.2 Å². The number of nitriles is 1. The predicted octanol–water partition coefficient (Wildman–Crippen LogP) is 2.08. The Morgan fingerprint density at radius 3 is 2.44 bits per heavy atom. The third-order valence-corrected chi connectivity index (χ3v) is 2.05. The summed E-state index contributed by atoms with van der Waals surface area (Å²) in [5.41, 5.74) is -1.19. The molecule has 0 saturated heterocycles. The van der Waals surface area contributed by atoms with Crippen molar-refractivity contribution in [2.24, 2.45) is 0 Å². The number of methoxy groups -OCH3 is 1. The number of hydrogen-bond donors (Lipinski definition) is 1.